The van der Waals surface area contributed by atoms with Crippen LogP contribution in [0.25, 0.3) is 0 Å². The third-order valence-corrected chi connectivity index (χ3v) is 5.87. The van der Waals surface area contributed by atoms with Crippen LogP contribution in [0.1, 0.15) is 38.5 Å². The molecule has 2 aliphatic heterocycles. The van der Waals surface area contributed by atoms with Crippen LogP contribution < -0.4 is 10.6 Å². The number of carbonyl (C=O) groups excluding carboxylic acids is 1. The molecule has 1 aliphatic carbocycles. The molecule has 8 heteroatoms. The number of hydrogen-bond acceptors (Lipinski definition) is 6. The van der Waals surface area contributed by atoms with Gasteiger partial charge in [-0.25, -0.2) is 14.4 Å². The van der Waals surface area contributed by atoms with Gasteiger partial charge in [-0.15, -0.1) is 0 Å². The molecule has 0 bridgehead atoms. The van der Waals surface area contributed by atoms with E-state index < -0.39 is 5.82 Å². The molecule has 2 N–H and O–H groups in total. The lowest BCUT2D eigenvalue weighted by Crippen LogP contribution is -2.57. The van der Waals surface area contributed by atoms with Crippen molar-refractivity contribution in [2.24, 2.45) is 11.7 Å². The van der Waals surface area contributed by atoms with E-state index in [-0.39, 0.29) is 30.0 Å². The van der Waals surface area contributed by atoms with Crippen LogP contribution in [0, 0.1) is 11.7 Å². The Morgan fingerprint density at radius 1 is 1.15 bits per heavy atom. The molecule has 3 aliphatic rings. The number of amides is 1. The predicted molar refractivity (Wildman–Crippen MR) is 98.6 cm³/mol. The Hall–Kier alpha value is -1.80. The molecular formula is C19H28FN5O2. The SMILES string of the molecule is N[C@H]1CCCN(C(=O)C2CC2)[C@H]1COC1CCN(c2ncc(F)cn2)CC1. The van der Waals surface area contributed by atoms with E-state index in [9.17, 15) is 9.18 Å². The summed E-state index contributed by atoms with van der Waals surface area (Å²) in [6.45, 7) is 2.87. The van der Waals surface area contributed by atoms with Crippen LogP contribution in [-0.2, 0) is 9.53 Å². The summed E-state index contributed by atoms with van der Waals surface area (Å²) >= 11 is 0. The molecule has 1 saturated carbocycles. The van der Waals surface area contributed by atoms with Gasteiger partial charge in [0.05, 0.1) is 31.1 Å². The van der Waals surface area contributed by atoms with Crippen LogP contribution in [0.3, 0.4) is 0 Å². The van der Waals surface area contributed by atoms with Gasteiger partial charge in [-0.3, -0.25) is 4.79 Å². The first-order chi connectivity index (χ1) is 13.1. The van der Waals surface area contributed by atoms with Crippen LogP contribution in [0.15, 0.2) is 12.4 Å². The number of carbonyl (C=O) groups is 1. The molecule has 2 atom stereocenters. The normalized spacial score (nSPS) is 27.0. The number of nitrogens with zero attached hydrogens (tertiary/aromatic N) is 4. The van der Waals surface area contributed by atoms with Crippen molar-refractivity contribution in [2.45, 2.75) is 56.7 Å². The standard InChI is InChI=1S/C19H28FN5O2/c20-14-10-22-19(23-11-14)24-8-5-15(6-9-24)27-12-17-16(21)2-1-7-25(17)18(26)13-3-4-13/h10-11,13,15-17H,1-9,12,21H2/t16-,17-/m0/s1. The van der Waals surface area contributed by atoms with Gasteiger partial charge in [-0.05, 0) is 38.5 Å². The van der Waals surface area contributed by atoms with Crippen molar-refractivity contribution >= 4 is 11.9 Å². The second kappa shape index (κ2) is 8.06. The molecule has 148 valence electrons. The van der Waals surface area contributed by atoms with E-state index in [1.807, 2.05) is 4.90 Å². The van der Waals surface area contributed by atoms with E-state index in [2.05, 4.69) is 14.9 Å². The van der Waals surface area contributed by atoms with E-state index >= 15 is 0 Å². The fourth-order valence-electron chi connectivity index (χ4n) is 4.06. The largest absolute Gasteiger partial charge is 0.376 e. The number of ether oxygens (including phenoxy) is 1. The maximum Gasteiger partial charge on any atom is 0.226 e. The number of nitrogens with two attached hydrogens (primary N) is 1. The van der Waals surface area contributed by atoms with Gasteiger partial charge in [0.1, 0.15) is 0 Å². The predicted octanol–water partition coefficient (Wildman–Crippen LogP) is 1.33. The highest BCUT2D eigenvalue weighted by molar-refractivity contribution is 5.81. The minimum Gasteiger partial charge on any atom is -0.376 e. The fourth-order valence-corrected chi connectivity index (χ4v) is 4.06. The van der Waals surface area contributed by atoms with Gasteiger partial charge in [0.15, 0.2) is 5.82 Å². The Morgan fingerprint density at radius 3 is 2.52 bits per heavy atom. The molecule has 2 saturated heterocycles. The van der Waals surface area contributed by atoms with Crippen LogP contribution in [-0.4, -0.2) is 65.2 Å². The number of halogens is 1. The van der Waals surface area contributed by atoms with Gasteiger partial charge in [-0.1, -0.05) is 0 Å². The quantitative estimate of drug-likeness (QED) is 0.833. The molecule has 1 amide bonds. The molecule has 7 nitrogen and oxygen atoms in total. The molecular weight excluding hydrogens is 349 g/mol. The third kappa shape index (κ3) is 4.38. The number of hydrogen-bond donors (Lipinski definition) is 1. The summed E-state index contributed by atoms with van der Waals surface area (Å²) in [4.78, 5) is 24.7. The summed E-state index contributed by atoms with van der Waals surface area (Å²) in [5, 5.41) is 0. The fraction of sp³-hybridized carbons (Fsp3) is 0.737. The highest BCUT2D eigenvalue weighted by Crippen LogP contribution is 2.33. The van der Waals surface area contributed by atoms with E-state index in [0.717, 1.165) is 58.2 Å². The van der Waals surface area contributed by atoms with E-state index in [1.54, 1.807) is 0 Å². The van der Waals surface area contributed by atoms with E-state index in [0.29, 0.717) is 12.6 Å². The summed E-state index contributed by atoms with van der Waals surface area (Å²) in [6, 6.07) is -0.0144. The number of rotatable bonds is 5. The maximum atomic E-state index is 13.0. The van der Waals surface area contributed by atoms with Crippen molar-refractivity contribution in [3.8, 4) is 0 Å². The molecule has 3 fully saturated rings. The first kappa shape index (κ1) is 18.6. The second-order valence-electron chi connectivity index (χ2n) is 7.90. The van der Waals surface area contributed by atoms with Gasteiger partial charge in [-0.2, -0.15) is 0 Å². The van der Waals surface area contributed by atoms with Crippen molar-refractivity contribution in [3.05, 3.63) is 18.2 Å². The Kier molecular flexibility index (Phi) is 5.54. The first-order valence-electron chi connectivity index (χ1n) is 10.0. The molecule has 4 rings (SSSR count). The van der Waals surface area contributed by atoms with Crippen molar-refractivity contribution < 1.29 is 13.9 Å². The van der Waals surface area contributed by atoms with Crippen molar-refractivity contribution in [1.29, 1.82) is 0 Å². The molecule has 1 aromatic heterocycles. The van der Waals surface area contributed by atoms with Gasteiger partial charge in [0.2, 0.25) is 11.9 Å². The zero-order valence-electron chi connectivity index (χ0n) is 15.6. The van der Waals surface area contributed by atoms with E-state index in [1.165, 1.54) is 12.4 Å². The summed E-state index contributed by atoms with van der Waals surface area (Å²) in [6.07, 6.45) is 8.22. The minimum atomic E-state index is -0.425. The lowest BCUT2D eigenvalue weighted by atomic mass is 9.96. The lowest BCUT2D eigenvalue weighted by Gasteiger charge is -2.41. The minimum absolute atomic E-state index is 0.00541. The average Bonchev–Trinajstić information content (AvgIpc) is 3.53. The van der Waals surface area contributed by atoms with E-state index in [4.69, 9.17) is 10.5 Å². The summed E-state index contributed by atoms with van der Waals surface area (Å²) in [7, 11) is 0. The zero-order valence-corrected chi connectivity index (χ0v) is 15.6. The smallest absolute Gasteiger partial charge is 0.226 e. The molecule has 1 aromatic rings. The van der Waals surface area contributed by atoms with Crippen molar-refractivity contribution in [3.63, 3.8) is 0 Å². The zero-order chi connectivity index (χ0) is 18.8. The average molecular weight is 377 g/mol. The summed E-state index contributed by atoms with van der Waals surface area (Å²) in [5.41, 5.74) is 6.32. The van der Waals surface area contributed by atoms with Crippen LogP contribution in [0.5, 0.6) is 0 Å². The Balaban J connectivity index is 1.28. The number of likely N-dealkylation sites (tertiary alicyclic amines) is 1. The highest BCUT2D eigenvalue weighted by Gasteiger charge is 2.40. The second-order valence-corrected chi connectivity index (χ2v) is 7.90. The van der Waals surface area contributed by atoms with Crippen LogP contribution in [0.2, 0.25) is 0 Å². The molecule has 27 heavy (non-hydrogen) atoms. The lowest BCUT2D eigenvalue weighted by molar-refractivity contribution is -0.139. The molecule has 0 aromatic carbocycles. The van der Waals surface area contributed by atoms with Gasteiger partial charge in [0, 0.05) is 31.6 Å². The summed E-state index contributed by atoms with van der Waals surface area (Å²) < 4.78 is 19.1. The first-order valence-corrected chi connectivity index (χ1v) is 10.0. The third-order valence-electron chi connectivity index (χ3n) is 5.87. The van der Waals surface area contributed by atoms with Crippen molar-refractivity contribution in [1.82, 2.24) is 14.9 Å². The number of aromatic nitrogens is 2. The molecule has 0 unspecified atom stereocenters. The Morgan fingerprint density at radius 2 is 1.85 bits per heavy atom. The number of piperidine rings is 2. The van der Waals surface area contributed by atoms with Crippen LogP contribution in [0.4, 0.5) is 10.3 Å². The van der Waals surface area contributed by atoms with Gasteiger partial charge < -0.3 is 20.3 Å². The molecule has 0 spiro atoms. The Labute approximate surface area is 159 Å². The molecule has 3 heterocycles. The van der Waals surface area contributed by atoms with Crippen LogP contribution >= 0.6 is 0 Å². The van der Waals surface area contributed by atoms with Crippen molar-refractivity contribution in [2.75, 3.05) is 31.1 Å². The highest BCUT2D eigenvalue weighted by atomic mass is 19.1. The van der Waals surface area contributed by atoms with Gasteiger partial charge >= 0.3 is 0 Å². The monoisotopic (exact) mass is 377 g/mol. The Bertz CT molecular complexity index is 646. The summed E-state index contributed by atoms with van der Waals surface area (Å²) in [5.74, 6) is 0.621. The number of anilines is 1. The maximum absolute atomic E-state index is 13.0. The van der Waals surface area contributed by atoms with Gasteiger partial charge in [0.25, 0.3) is 0 Å². The topological polar surface area (TPSA) is 84.6 Å². The molecule has 0 radical (unpaired) electrons.